The van der Waals surface area contributed by atoms with Gasteiger partial charge in [0.2, 0.25) is 5.13 Å². The van der Waals surface area contributed by atoms with E-state index in [-0.39, 0.29) is 11.8 Å². The second-order valence-electron chi connectivity index (χ2n) is 5.86. The lowest BCUT2D eigenvalue weighted by atomic mass is 10.2. The molecule has 0 fully saturated rings. The van der Waals surface area contributed by atoms with Gasteiger partial charge in [0.1, 0.15) is 5.01 Å². The minimum atomic E-state index is -0.371. The number of anilines is 2. The Hall–Kier alpha value is -3.07. The van der Waals surface area contributed by atoms with E-state index in [2.05, 4.69) is 20.8 Å². The third-order valence-electron chi connectivity index (χ3n) is 3.89. The van der Waals surface area contributed by atoms with E-state index in [0.29, 0.717) is 31.3 Å². The van der Waals surface area contributed by atoms with E-state index in [1.165, 1.54) is 28.7 Å². The number of benzene rings is 2. The zero-order valence-electron chi connectivity index (χ0n) is 14.8. The first-order valence-corrected chi connectivity index (χ1v) is 10.5. The highest BCUT2D eigenvalue weighted by Gasteiger charge is 2.15. The van der Waals surface area contributed by atoms with Gasteiger partial charge >= 0.3 is 0 Å². The number of thiophene rings is 1. The summed E-state index contributed by atoms with van der Waals surface area (Å²) in [7, 11) is 0. The fourth-order valence-corrected chi connectivity index (χ4v) is 4.02. The Balaban J connectivity index is 1.49. The first-order valence-electron chi connectivity index (χ1n) is 8.45. The van der Waals surface area contributed by atoms with Crippen LogP contribution in [0.25, 0.3) is 10.6 Å². The van der Waals surface area contributed by atoms with Crippen LogP contribution in [0.4, 0.5) is 10.8 Å². The van der Waals surface area contributed by atoms with Gasteiger partial charge < -0.3 is 5.32 Å². The Kier molecular flexibility index (Phi) is 5.66. The highest BCUT2D eigenvalue weighted by molar-refractivity contribution is 7.18. The molecular formula is C20H13ClN4O2S2. The average molecular weight is 441 g/mol. The van der Waals surface area contributed by atoms with E-state index in [9.17, 15) is 9.59 Å². The van der Waals surface area contributed by atoms with Gasteiger partial charge in [-0.3, -0.25) is 14.9 Å². The van der Waals surface area contributed by atoms with Crippen LogP contribution in [0.15, 0.2) is 66.0 Å². The number of nitrogens with zero attached hydrogens (tertiary/aromatic N) is 2. The van der Waals surface area contributed by atoms with Crippen molar-refractivity contribution in [2.75, 3.05) is 10.6 Å². The number of rotatable bonds is 5. The molecule has 0 saturated heterocycles. The molecule has 2 amide bonds. The topological polar surface area (TPSA) is 84.0 Å². The molecule has 2 heterocycles. The molecule has 0 aliphatic rings. The second kappa shape index (κ2) is 8.52. The minimum absolute atomic E-state index is 0.281. The fourth-order valence-electron chi connectivity index (χ4n) is 2.49. The van der Waals surface area contributed by atoms with Crippen molar-refractivity contribution in [1.29, 1.82) is 0 Å². The van der Waals surface area contributed by atoms with Crippen molar-refractivity contribution in [3.8, 4) is 10.6 Å². The van der Waals surface area contributed by atoms with Gasteiger partial charge in [-0.15, -0.1) is 21.5 Å². The fraction of sp³-hybridized carbons (Fsp3) is 0. The zero-order chi connectivity index (χ0) is 20.2. The van der Waals surface area contributed by atoms with E-state index in [0.717, 1.165) is 5.56 Å². The molecule has 2 aromatic carbocycles. The van der Waals surface area contributed by atoms with Crippen LogP contribution in [0.2, 0.25) is 5.02 Å². The molecule has 0 radical (unpaired) electrons. The molecule has 4 rings (SSSR count). The van der Waals surface area contributed by atoms with Crippen molar-refractivity contribution in [1.82, 2.24) is 10.2 Å². The average Bonchev–Trinajstić information content (AvgIpc) is 3.42. The summed E-state index contributed by atoms with van der Waals surface area (Å²) in [4.78, 5) is 25.4. The monoisotopic (exact) mass is 440 g/mol. The Morgan fingerprint density at radius 1 is 0.897 bits per heavy atom. The Labute approximate surface area is 179 Å². The summed E-state index contributed by atoms with van der Waals surface area (Å²) in [5.74, 6) is -0.653. The summed E-state index contributed by atoms with van der Waals surface area (Å²) < 4.78 is 0. The van der Waals surface area contributed by atoms with Crippen LogP contribution in [0.5, 0.6) is 0 Å². The summed E-state index contributed by atoms with van der Waals surface area (Å²) in [5.41, 5.74) is 1.63. The molecular weight excluding hydrogens is 428 g/mol. The van der Waals surface area contributed by atoms with Crippen molar-refractivity contribution in [2.24, 2.45) is 0 Å². The molecule has 29 heavy (non-hydrogen) atoms. The Morgan fingerprint density at radius 2 is 1.72 bits per heavy atom. The minimum Gasteiger partial charge on any atom is -0.320 e. The SMILES string of the molecule is O=C(Nc1nnc(-c2ccccc2)s1)c1ccc(Cl)c(NC(=O)c2cccs2)c1. The molecule has 9 heteroatoms. The highest BCUT2D eigenvalue weighted by atomic mass is 35.5. The van der Waals surface area contributed by atoms with E-state index >= 15 is 0 Å². The molecule has 4 aromatic rings. The van der Waals surface area contributed by atoms with Crippen molar-refractivity contribution in [3.63, 3.8) is 0 Å². The van der Waals surface area contributed by atoms with Gasteiger partial charge in [0, 0.05) is 11.1 Å². The third kappa shape index (κ3) is 4.51. The molecule has 0 aliphatic heterocycles. The molecule has 0 aliphatic carbocycles. The maximum Gasteiger partial charge on any atom is 0.265 e. The number of hydrogen-bond donors (Lipinski definition) is 2. The molecule has 144 valence electrons. The van der Waals surface area contributed by atoms with E-state index < -0.39 is 0 Å². The van der Waals surface area contributed by atoms with Crippen LogP contribution >= 0.6 is 34.3 Å². The van der Waals surface area contributed by atoms with E-state index in [4.69, 9.17) is 11.6 Å². The molecule has 0 unspecified atom stereocenters. The molecule has 0 bridgehead atoms. The molecule has 0 spiro atoms. The Bertz CT molecular complexity index is 1160. The van der Waals surface area contributed by atoms with Crippen LogP contribution in [-0.2, 0) is 0 Å². The number of hydrogen-bond acceptors (Lipinski definition) is 6. The third-order valence-corrected chi connectivity index (χ3v) is 5.97. The lowest BCUT2D eigenvalue weighted by molar-refractivity contribution is 0.101. The van der Waals surface area contributed by atoms with Crippen molar-refractivity contribution >= 4 is 56.9 Å². The van der Waals surface area contributed by atoms with Crippen LogP contribution in [0, 0.1) is 0 Å². The van der Waals surface area contributed by atoms with Gasteiger partial charge in [-0.1, -0.05) is 59.3 Å². The van der Waals surface area contributed by atoms with Gasteiger partial charge in [-0.05, 0) is 29.6 Å². The van der Waals surface area contributed by atoms with Crippen LogP contribution in [0.1, 0.15) is 20.0 Å². The number of amides is 2. The smallest absolute Gasteiger partial charge is 0.265 e. The summed E-state index contributed by atoms with van der Waals surface area (Å²) in [6.07, 6.45) is 0. The first-order chi connectivity index (χ1) is 14.1. The quantitative estimate of drug-likeness (QED) is 0.433. The first kappa shape index (κ1) is 19.3. The van der Waals surface area contributed by atoms with Crippen LogP contribution in [0.3, 0.4) is 0 Å². The Morgan fingerprint density at radius 3 is 2.48 bits per heavy atom. The zero-order valence-corrected chi connectivity index (χ0v) is 17.1. The number of halogens is 1. The van der Waals surface area contributed by atoms with Gasteiger partial charge in [0.05, 0.1) is 15.6 Å². The standard InChI is InChI=1S/C20H13ClN4O2S2/c21-14-9-8-13(11-15(14)22-18(27)16-7-4-10-28-16)17(26)23-20-25-24-19(29-20)12-5-2-1-3-6-12/h1-11H,(H,22,27)(H,23,25,26). The van der Waals surface area contributed by atoms with Gasteiger partial charge in [-0.25, -0.2) is 0 Å². The second-order valence-corrected chi connectivity index (χ2v) is 8.19. The number of nitrogens with one attached hydrogen (secondary N) is 2. The summed E-state index contributed by atoms with van der Waals surface area (Å²) in [5, 5.41) is 16.8. The molecule has 2 aromatic heterocycles. The maximum atomic E-state index is 12.6. The maximum absolute atomic E-state index is 12.6. The molecule has 0 saturated carbocycles. The molecule has 0 atom stereocenters. The van der Waals surface area contributed by atoms with Gasteiger partial charge in [-0.2, -0.15) is 0 Å². The lowest BCUT2D eigenvalue weighted by Crippen LogP contribution is -2.14. The summed E-state index contributed by atoms with van der Waals surface area (Å²) >= 11 is 8.77. The van der Waals surface area contributed by atoms with Crippen molar-refractivity contribution < 1.29 is 9.59 Å². The number of aromatic nitrogens is 2. The highest BCUT2D eigenvalue weighted by Crippen LogP contribution is 2.28. The van der Waals surface area contributed by atoms with E-state index in [1.54, 1.807) is 24.3 Å². The van der Waals surface area contributed by atoms with Crippen LogP contribution < -0.4 is 10.6 Å². The normalized spacial score (nSPS) is 10.5. The predicted octanol–water partition coefficient (Wildman–Crippen LogP) is 5.42. The molecule has 2 N–H and O–H groups in total. The summed E-state index contributed by atoms with van der Waals surface area (Å²) in [6, 6.07) is 17.8. The van der Waals surface area contributed by atoms with Crippen LogP contribution in [-0.4, -0.2) is 22.0 Å². The van der Waals surface area contributed by atoms with Crippen molar-refractivity contribution in [2.45, 2.75) is 0 Å². The molecule has 6 nitrogen and oxygen atoms in total. The van der Waals surface area contributed by atoms with Gasteiger partial charge in [0.15, 0.2) is 0 Å². The van der Waals surface area contributed by atoms with Crippen molar-refractivity contribution in [3.05, 3.63) is 81.5 Å². The van der Waals surface area contributed by atoms with Gasteiger partial charge in [0.25, 0.3) is 11.8 Å². The number of carbonyl (C=O) groups excluding carboxylic acids is 2. The largest absolute Gasteiger partial charge is 0.320 e. The van der Waals surface area contributed by atoms with E-state index in [1.807, 2.05) is 35.7 Å². The lowest BCUT2D eigenvalue weighted by Gasteiger charge is -2.08. The predicted molar refractivity (Wildman–Crippen MR) is 117 cm³/mol. The number of carbonyl (C=O) groups is 2. The summed E-state index contributed by atoms with van der Waals surface area (Å²) in [6.45, 7) is 0.